The smallest absolute Gasteiger partial charge is 0.233 e. The van der Waals surface area contributed by atoms with Crippen LogP contribution in [0.1, 0.15) is 30.0 Å². The highest BCUT2D eigenvalue weighted by atomic mass is 32.1. The van der Waals surface area contributed by atoms with E-state index in [1.54, 1.807) is 11.3 Å². The molecular formula is C11H15N3OS2. The van der Waals surface area contributed by atoms with Crippen molar-refractivity contribution in [2.45, 2.75) is 32.7 Å². The van der Waals surface area contributed by atoms with Gasteiger partial charge in [-0.25, -0.2) is 4.98 Å². The quantitative estimate of drug-likeness (QED) is 0.813. The molecule has 1 amide bonds. The van der Waals surface area contributed by atoms with Gasteiger partial charge in [-0.15, -0.1) is 11.3 Å². The van der Waals surface area contributed by atoms with E-state index in [0.29, 0.717) is 11.5 Å². The van der Waals surface area contributed by atoms with Crippen LogP contribution in [0.4, 0.5) is 0 Å². The maximum absolute atomic E-state index is 12.1. The molecule has 0 saturated heterocycles. The Bertz CT molecular complexity index is 451. The van der Waals surface area contributed by atoms with Gasteiger partial charge in [0.25, 0.3) is 0 Å². The summed E-state index contributed by atoms with van der Waals surface area (Å²) in [6.45, 7) is 2.39. The summed E-state index contributed by atoms with van der Waals surface area (Å²) in [7, 11) is 0. The maximum atomic E-state index is 12.1. The summed E-state index contributed by atoms with van der Waals surface area (Å²) in [6, 6.07) is 0. The molecule has 0 unspecified atom stereocenters. The average Bonchev–Trinajstić information content (AvgIpc) is 2.59. The highest BCUT2D eigenvalue weighted by Crippen LogP contribution is 2.41. The molecule has 92 valence electrons. The lowest BCUT2D eigenvalue weighted by atomic mass is 9.68. The summed E-state index contributed by atoms with van der Waals surface area (Å²) >= 11 is 6.54. The minimum Gasteiger partial charge on any atom is -0.392 e. The molecule has 0 spiro atoms. The third-order valence-corrected chi connectivity index (χ3v) is 4.54. The Morgan fingerprint density at radius 3 is 2.82 bits per heavy atom. The highest BCUT2D eigenvalue weighted by molar-refractivity contribution is 7.80. The normalized spacial score (nSPS) is 17.2. The van der Waals surface area contributed by atoms with E-state index >= 15 is 0 Å². The molecule has 1 heterocycles. The Morgan fingerprint density at radius 2 is 2.41 bits per heavy atom. The lowest BCUT2D eigenvalue weighted by Gasteiger charge is -2.38. The van der Waals surface area contributed by atoms with Gasteiger partial charge < -0.3 is 11.1 Å². The topological polar surface area (TPSA) is 68.0 Å². The van der Waals surface area contributed by atoms with E-state index in [4.69, 9.17) is 18.0 Å². The lowest BCUT2D eigenvalue weighted by molar-refractivity contribution is -0.131. The first-order chi connectivity index (χ1) is 8.04. The minimum atomic E-state index is -0.596. The van der Waals surface area contributed by atoms with Gasteiger partial charge >= 0.3 is 0 Å². The second-order valence-electron chi connectivity index (χ2n) is 4.37. The predicted molar refractivity (Wildman–Crippen MR) is 71.8 cm³/mol. The number of nitrogens with one attached hydrogen (secondary N) is 1. The van der Waals surface area contributed by atoms with Crippen molar-refractivity contribution in [1.82, 2.24) is 10.3 Å². The summed E-state index contributed by atoms with van der Waals surface area (Å²) in [5.41, 5.74) is 6.05. The van der Waals surface area contributed by atoms with E-state index in [9.17, 15) is 4.79 Å². The van der Waals surface area contributed by atoms with Crippen LogP contribution in [0.15, 0.2) is 5.38 Å². The molecule has 3 N–H and O–H groups in total. The third kappa shape index (κ3) is 2.32. The lowest BCUT2D eigenvalue weighted by Crippen LogP contribution is -2.52. The van der Waals surface area contributed by atoms with Crippen molar-refractivity contribution in [3.63, 3.8) is 0 Å². The van der Waals surface area contributed by atoms with Crippen LogP contribution in [-0.2, 0) is 11.3 Å². The largest absolute Gasteiger partial charge is 0.392 e. The number of amides is 1. The zero-order chi connectivity index (χ0) is 12.5. The molecule has 0 aliphatic heterocycles. The number of hydrogen-bond acceptors (Lipinski definition) is 4. The Morgan fingerprint density at radius 1 is 1.71 bits per heavy atom. The van der Waals surface area contributed by atoms with Gasteiger partial charge in [0.15, 0.2) is 0 Å². The maximum Gasteiger partial charge on any atom is 0.233 e. The van der Waals surface area contributed by atoms with E-state index < -0.39 is 5.41 Å². The number of thiazole rings is 1. The predicted octanol–water partition coefficient (Wildman–Crippen LogP) is 1.52. The van der Waals surface area contributed by atoms with E-state index in [1.807, 2.05) is 12.3 Å². The number of aromatic nitrogens is 1. The van der Waals surface area contributed by atoms with Crippen LogP contribution in [0.3, 0.4) is 0 Å². The van der Waals surface area contributed by atoms with Gasteiger partial charge in [-0.05, 0) is 19.8 Å². The van der Waals surface area contributed by atoms with Crippen molar-refractivity contribution >= 4 is 34.5 Å². The number of nitrogens with zero attached hydrogens (tertiary/aromatic N) is 1. The molecule has 1 aromatic rings. The molecule has 1 aliphatic rings. The molecule has 1 aromatic heterocycles. The van der Waals surface area contributed by atoms with E-state index in [-0.39, 0.29) is 5.91 Å². The van der Waals surface area contributed by atoms with Crippen LogP contribution in [0.5, 0.6) is 0 Å². The van der Waals surface area contributed by atoms with E-state index in [1.165, 1.54) is 0 Å². The molecule has 17 heavy (non-hydrogen) atoms. The van der Waals surface area contributed by atoms with Crippen molar-refractivity contribution in [1.29, 1.82) is 0 Å². The van der Waals surface area contributed by atoms with Crippen molar-refractivity contribution in [2.24, 2.45) is 11.1 Å². The fourth-order valence-corrected chi connectivity index (χ4v) is 2.93. The number of nitrogens with two attached hydrogens (primary N) is 1. The first-order valence-corrected chi connectivity index (χ1v) is 6.82. The summed E-state index contributed by atoms with van der Waals surface area (Å²) < 4.78 is 0. The molecule has 4 nitrogen and oxygen atoms in total. The molecule has 0 bridgehead atoms. The average molecular weight is 269 g/mol. The number of rotatable bonds is 4. The van der Waals surface area contributed by atoms with Crippen LogP contribution in [0, 0.1) is 12.3 Å². The Kier molecular flexibility index (Phi) is 3.44. The molecule has 1 fully saturated rings. The summed E-state index contributed by atoms with van der Waals surface area (Å²) in [6.07, 6.45) is 2.55. The molecule has 6 heteroatoms. The van der Waals surface area contributed by atoms with Gasteiger partial charge in [-0.2, -0.15) is 0 Å². The van der Waals surface area contributed by atoms with Gasteiger partial charge in [0.2, 0.25) is 5.91 Å². The molecule has 0 atom stereocenters. The molecule has 1 saturated carbocycles. The number of carbonyl (C=O) groups excluding carboxylic acids is 1. The van der Waals surface area contributed by atoms with Crippen molar-refractivity contribution in [3.05, 3.63) is 16.1 Å². The first-order valence-electron chi connectivity index (χ1n) is 5.54. The number of aryl methyl sites for hydroxylation is 1. The number of carbonyl (C=O) groups is 1. The SMILES string of the molecule is Cc1csc(CNC(=O)C2(C(N)=S)CCC2)n1. The van der Waals surface area contributed by atoms with Crippen molar-refractivity contribution in [3.8, 4) is 0 Å². The van der Waals surface area contributed by atoms with Gasteiger partial charge in [0, 0.05) is 11.1 Å². The number of thiocarbonyl (C=S) groups is 1. The Labute approximate surface area is 110 Å². The van der Waals surface area contributed by atoms with Gasteiger partial charge in [0.1, 0.15) is 5.01 Å². The van der Waals surface area contributed by atoms with E-state index in [2.05, 4.69) is 10.3 Å². The summed E-state index contributed by atoms with van der Waals surface area (Å²) in [5.74, 6) is -0.0518. The molecular weight excluding hydrogens is 254 g/mol. The van der Waals surface area contributed by atoms with E-state index in [0.717, 1.165) is 30.0 Å². The van der Waals surface area contributed by atoms with Crippen LogP contribution in [0.25, 0.3) is 0 Å². The van der Waals surface area contributed by atoms with Crippen LogP contribution < -0.4 is 11.1 Å². The zero-order valence-electron chi connectivity index (χ0n) is 9.66. The third-order valence-electron chi connectivity index (χ3n) is 3.18. The second kappa shape index (κ2) is 4.70. The second-order valence-corrected chi connectivity index (χ2v) is 5.75. The molecule has 0 aromatic carbocycles. The molecule has 2 rings (SSSR count). The highest BCUT2D eigenvalue weighted by Gasteiger charge is 2.46. The Balaban J connectivity index is 1.95. The first kappa shape index (κ1) is 12.4. The summed E-state index contributed by atoms with van der Waals surface area (Å²) in [4.78, 5) is 16.7. The van der Waals surface area contributed by atoms with Crippen LogP contribution in [0.2, 0.25) is 0 Å². The van der Waals surface area contributed by atoms with Crippen LogP contribution >= 0.6 is 23.6 Å². The zero-order valence-corrected chi connectivity index (χ0v) is 11.3. The van der Waals surface area contributed by atoms with Gasteiger partial charge in [-0.1, -0.05) is 18.6 Å². The van der Waals surface area contributed by atoms with Crippen molar-refractivity contribution < 1.29 is 4.79 Å². The Hall–Kier alpha value is -1.01. The van der Waals surface area contributed by atoms with Crippen LogP contribution in [-0.4, -0.2) is 15.9 Å². The molecule has 0 radical (unpaired) electrons. The monoisotopic (exact) mass is 269 g/mol. The number of hydrogen-bond donors (Lipinski definition) is 2. The minimum absolute atomic E-state index is 0.0518. The van der Waals surface area contributed by atoms with Gasteiger partial charge in [0.05, 0.1) is 16.9 Å². The molecule has 1 aliphatic carbocycles. The van der Waals surface area contributed by atoms with Gasteiger partial charge in [-0.3, -0.25) is 4.79 Å². The fraction of sp³-hybridized carbons (Fsp3) is 0.545. The summed E-state index contributed by atoms with van der Waals surface area (Å²) in [5, 5.41) is 5.75. The fourth-order valence-electron chi connectivity index (χ4n) is 1.92. The van der Waals surface area contributed by atoms with Crippen molar-refractivity contribution in [2.75, 3.05) is 0 Å². The standard InChI is InChI=1S/C11H15N3OS2/c1-7-6-17-8(14-7)5-13-10(15)11(9(12)16)3-2-4-11/h6H,2-5H2,1H3,(H2,12,16)(H,13,15).